The number of piperidine rings is 4. The quantitative estimate of drug-likeness (QED) is 0.663. The summed E-state index contributed by atoms with van der Waals surface area (Å²) in [6.45, 7) is 8.47. The summed E-state index contributed by atoms with van der Waals surface area (Å²) in [6, 6.07) is 0. The molecule has 4 saturated heterocycles. The van der Waals surface area contributed by atoms with Crippen molar-refractivity contribution in [3.05, 3.63) is 0 Å². The first kappa shape index (κ1) is 11.0. The Morgan fingerprint density at radius 2 is 0.812 bits per heavy atom. The molecule has 0 amide bonds. The molecular weight excluding hydrogens is 204 g/mol. The normalized spacial score (nSPS) is 61.9. The van der Waals surface area contributed by atoms with Crippen molar-refractivity contribution in [1.82, 2.24) is 10.1 Å². The van der Waals surface area contributed by atoms with Crippen LogP contribution in [0.5, 0.6) is 0 Å². The van der Waals surface area contributed by atoms with Crippen LogP contribution in [0.15, 0.2) is 0 Å². The molecule has 4 bridgehead atoms. The molecule has 4 fully saturated rings. The van der Waals surface area contributed by atoms with Gasteiger partial charge in [-0.3, -0.25) is 0 Å². The molecule has 0 radical (unpaired) electrons. The van der Waals surface area contributed by atoms with Gasteiger partial charge < -0.3 is 10.4 Å². The third-order valence-electron chi connectivity index (χ3n) is 5.09. The second-order valence-corrected chi connectivity index (χ2v) is 7.32. The van der Waals surface area contributed by atoms with Crippen LogP contribution in [-0.4, -0.2) is 42.7 Å². The lowest BCUT2D eigenvalue weighted by Gasteiger charge is -2.73. The molecule has 2 N–H and O–H groups in total. The van der Waals surface area contributed by atoms with E-state index >= 15 is 0 Å². The van der Waals surface area contributed by atoms with Gasteiger partial charge >= 0.3 is 0 Å². The molecule has 0 unspecified atom stereocenters. The summed E-state index contributed by atoms with van der Waals surface area (Å²) in [5.41, 5.74) is -0.746. The first-order valence-electron chi connectivity index (χ1n) is 6.12. The number of rotatable bonds is 0. The summed E-state index contributed by atoms with van der Waals surface area (Å²) in [7, 11) is 0. The van der Waals surface area contributed by atoms with Crippen LogP contribution < -0.4 is 0 Å². The predicted molar refractivity (Wildman–Crippen MR) is 59.3 cm³/mol. The molecular formula is C12H22N2O2. The van der Waals surface area contributed by atoms with Gasteiger partial charge in [0.15, 0.2) is 0 Å². The maximum Gasteiger partial charge on any atom is 0.0475 e. The van der Waals surface area contributed by atoms with Crippen LogP contribution in [0.25, 0.3) is 0 Å². The Bertz CT molecular complexity index is 281. The van der Waals surface area contributed by atoms with Crippen molar-refractivity contribution in [2.45, 2.75) is 75.5 Å². The highest BCUT2D eigenvalue weighted by Crippen LogP contribution is 2.61. The number of hydrogen-bond donors (Lipinski definition) is 2. The molecule has 0 aromatic carbocycles. The van der Waals surface area contributed by atoms with Gasteiger partial charge in [-0.25, -0.2) is 0 Å². The highest BCUT2D eigenvalue weighted by Gasteiger charge is 2.70. The third kappa shape index (κ3) is 0.997. The van der Waals surface area contributed by atoms with Crippen molar-refractivity contribution in [1.29, 1.82) is 0 Å². The molecule has 16 heavy (non-hydrogen) atoms. The fraction of sp³-hybridized carbons (Fsp3) is 1.00. The zero-order chi connectivity index (χ0) is 12.0. The van der Waals surface area contributed by atoms with Gasteiger partial charge in [0.05, 0.1) is 0 Å². The molecule has 4 aliphatic rings. The molecule has 4 rings (SSSR count). The van der Waals surface area contributed by atoms with Crippen molar-refractivity contribution in [2.75, 3.05) is 0 Å². The van der Waals surface area contributed by atoms with Crippen molar-refractivity contribution in [3.8, 4) is 0 Å². The van der Waals surface area contributed by atoms with Gasteiger partial charge in [-0.1, -0.05) is 0 Å². The van der Waals surface area contributed by atoms with E-state index in [-0.39, 0.29) is 22.2 Å². The number of nitrogens with zero attached hydrogens (tertiary/aromatic N) is 2. The van der Waals surface area contributed by atoms with E-state index in [0.29, 0.717) is 0 Å². The van der Waals surface area contributed by atoms with Crippen LogP contribution in [0.2, 0.25) is 0 Å². The van der Waals surface area contributed by atoms with Gasteiger partial charge in [0.2, 0.25) is 0 Å². The minimum Gasteiger partial charge on any atom is -0.313 e. The Labute approximate surface area is 96.8 Å². The maximum absolute atomic E-state index is 10.4. The summed E-state index contributed by atoms with van der Waals surface area (Å²) in [5.74, 6) is 0. The van der Waals surface area contributed by atoms with Crippen LogP contribution in [0.4, 0.5) is 0 Å². The molecule has 4 aliphatic heterocycles. The minimum absolute atomic E-state index is 0.187. The van der Waals surface area contributed by atoms with Crippen LogP contribution in [0.1, 0.15) is 53.4 Å². The van der Waals surface area contributed by atoms with E-state index < -0.39 is 0 Å². The van der Waals surface area contributed by atoms with E-state index in [0.717, 1.165) is 25.7 Å². The highest BCUT2D eigenvalue weighted by atomic mass is 16.5. The van der Waals surface area contributed by atoms with Gasteiger partial charge in [0.1, 0.15) is 0 Å². The lowest BCUT2D eigenvalue weighted by Crippen LogP contribution is -2.83. The van der Waals surface area contributed by atoms with Gasteiger partial charge in [0.25, 0.3) is 0 Å². The summed E-state index contributed by atoms with van der Waals surface area (Å²) >= 11 is 0. The molecule has 0 aromatic heterocycles. The average molecular weight is 226 g/mol. The fourth-order valence-corrected chi connectivity index (χ4v) is 5.43. The Hall–Kier alpha value is -0.160. The summed E-state index contributed by atoms with van der Waals surface area (Å²) in [5, 5.41) is 23.9. The summed E-state index contributed by atoms with van der Waals surface area (Å²) < 4.78 is 0. The van der Waals surface area contributed by atoms with Gasteiger partial charge in [-0.2, -0.15) is 10.1 Å². The van der Waals surface area contributed by atoms with Gasteiger partial charge in [0, 0.05) is 22.2 Å². The van der Waals surface area contributed by atoms with Crippen LogP contribution in [0.3, 0.4) is 0 Å². The largest absolute Gasteiger partial charge is 0.313 e. The molecule has 0 atom stereocenters. The number of hydrogen-bond acceptors (Lipinski definition) is 4. The van der Waals surface area contributed by atoms with Gasteiger partial charge in [-0.05, 0) is 53.4 Å². The zero-order valence-electron chi connectivity index (χ0n) is 10.6. The minimum atomic E-state index is -0.187. The van der Waals surface area contributed by atoms with Crippen molar-refractivity contribution >= 4 is 0 Å². The summed E-state index contributed by atoms with van der Waals surface area (Å²) in [6.07, 6.45) is 3.33. The fourth-order valence-electron chi connectivity index (χ4n) is 5.43. The van der Waals surface area contributed by atoms with Crippen molar-refractivity contribution in [2.24, 2.45) is 0 Å². The van der Waals surface area contributed by atoms with Crippen LogP contribution >= 0.6 is 0 Å². The molecule has 0 aromatic rings. The van der Waals surface area contributed by atoms with Crippen LogP contribution in [-0.2, 0) is 0 Å². The Balaban J connectivity index is 2.15. The average Bonchev–Trinajstić information content (AvgIpc) is 2.08. The molecule has 4 heteroatoms. The molecule has 0 spiro atoms. The second-order valence-electron chi connectivity index (χ2n) is 7.32. The molecule has 0 aliphatic carbocycles. The topological polar surface area (TPSA) is 46.9 Å². The third-order valence-corrected chi connectivity index (χ3v) is 5.09. The lowest BCUT2D eigenvalue weighted by molar-refractivity contribution is -0.398. The molecule has 92 valence electrons. The Morgan fingerprint density at radius 3 is 1.00 bits per heavy atom. The first-order valence-corrected chi connectivity index (χ1v) is 6.12. The lowest BCUT2D eigenvalue weighted by atomic mass is 9.53. The zero-order valence-corrected chi connectivity index (χ0v) is 10.6. The van der Waals surface area contributed by atoms with E-state index in [1.165, 1.54) is 0 Å². The van der Waals surface area contributed by atoms with E-state index in [9.17, 15) is 10.4 Å². The van der Waals surface area contributed by atoms with E-state index in [2.05, 4.69) is 27.7 Å². The number of hydroxylamine groups is 4. The SMILES string of the molecule is CC12CC3(C)CC(C)(CC(C)(C1)N3O)N2O. The first-order chi connectivity index (χ1) is 7.14. The van der Waals surface area contributed by atoms with Crippen molar-refractivity contribution < 1.29 is 10.4 Å². The van der Waals surface area contributed by atoms with Gasteiger partial charge in [-0.15, -0.1) is 0 Å². The molecule has 0 saturated carbocycles. The summed E-state index contributed by atoms with van der Waals surface area (Å²) in [4.78, 5) is 0. The molecule has 4 nitrogen and oxygen atoms in total. The van der Waals surface area contributed by atoms with E-state index in [1.54, 1.807) is 10.1 Å². The smallest absolute Gasteiger partial charge is 0.0475 e. The highest BCUT2D eigenvalue weighted by molar-refractivity contribution is 5.22. The predicted octanol–water partition coefficient (Wildman–Crippen LogP) is 2.00. The monoisotopic (exact) mass is 226 g/mol. The second kappa shape index (κ2) is 2.48. The van der Waals surface area contributed by atoms with E-state index in [1.807, 2.05) is 0 Å². The van der Waals surface area contributed by atoms with Crippen LogP contribution in [0, 0.1) is 0 Å². The van der Waals surface area contributed by atoms with E-state index in [4.69, 9.17) is 0 Å². The Morgan fingerprint density at radius 1 is 0.625 bits per heavy atom. The van der Waals surface area contributed by atoms with Crippen molar-refractivity contribution in [3.63, 3.8) is 0 Å². The maximum atomic E-state index is 10.4. The standard InChI is InChI=1S/C12H22N2O2/c1-9-5-10(2)7-12(4,13(9)15)8-11(3,6-9)14(10)16/h15-16H,5-8H2,1-4H3. The molecule has 4 heterocycles. The Kier molecular flexibility index (Phi) is 1.70.